The van der Waals surface area contributed by atoms with E-state index in [9.17, 15) is 4.79 Å². The highest BCUT2D eigenvalue weighted by atomic mass is 35.5. The number of carbonyl (C=O) groups is 1. The Morgan fingerprint density at radius 3 is 2.90 bits per heavy atom. The van der Waals surface area contributed by atoms with Gasteiger partial charge in [-0.05, 0) is 37.5 Å². The molecule has 1 aliphatic heterocycles. The SMILES string of the molecule is Cc1ccc2nc(C3CCN(C(=O)CCCl)CC3)[nH]c2c1. The van der Waals surface area contributed by atoms with Crippen LogP contribution in [0.3, 0.4) is 0 Å². The van der Waals surface area contributed by atoms with E-state index >= 15 is 0 Å². The topological polar surface area (TPSA) is 49.0 Å². The molecule has 0 spiro atoms. The first-order valence-electron chi connectivity index (χ1n) is 7.47. The van der Waals surface area contributed by atoms with E-state index in [1.807, 2.05) is 4.90 Å². The van der Waals surface area contributed by atoms with E-state index in [0.717, 1.165) is 42.8 Å². The van der Waals surface area contributed by atoms with E-state index < -0.39 is 0 Å². The molecule has 0 aliphatic carbocycles. The second kappa shape index (κ2) is 6.06. The van der Waals surface area contributed by atoms with Gasteiger partial charge in [0.05, 0.1) is 11.0 Å². The molecule has 1 N–H and O–H groups in total. The Kier molecular flexibility index (Phi) is 4.15. The molecular formula is C16H20ClN3O. The van der Waals surface area contributed by atoms with Crippen molar-refractivity contribution in [2.24, 2.45) is 0 Å². The minimum atomic E-state index is 0.170. The van der Waals surface area contributed by atoms with Crippen molar-refractivity contribution in [3.05, 3.63) is 29.6 Å². The van der Waals surface area contributed by atoms with E-state index in [4.69, 9.17) is 16.6 Å². The van der Waals surface area contributed by atoms with Crippen LogP contribution in [0.4, 0.5) is 0 Å². The standard InChI is InChI=1S/C16H20ClN3O/c1-11-2-3-13-14(10-11)19-16(18-13)12-5-8-20(9-6-12)15(21)4-7-17/h2-3,10,12H,4-9H2,1H3,(H,18,19). The third-order valence-corrected chi connectivity index (χ3v) is 4.39. The van der Waals surface area contributed by atoms with Gasteiger partial charge in [0.1, 0.15) is 5.82 Å². The molecule has 0 saturated carbocycles. The lowest BCUT2D eigenvalue weighted by Crippen LogP contribution is -2.38. The number of hydrogen-bond donors (Lipinski definition) is 1. The predicted octanol–water partition coefficient (Wildman–Crippen LogP) is 3.21. The molecule has 2 aromatic rings. The van der Waals surface area contributed by atoms with Crippen molar-refractivity contribution in [3.8, 4) is 0 Å². The number of aryl methyl sites for hydroxylation is 1. The molecule has 1 fully saturated rings. The van der Waals surface area contributed by atoms with Crippen LogP contribution in [0.1, 0.15) is 36.6 Å². The number of amides is 1. The summed E-state index contributed by atoms with van der Waals surface area (Å²) in [5, 5.41) is 0. The normalized spacial score (nSPS) is 16.6. The maximum Gasteiger partial charge on any atom is 0.223 e. The predicted molar refractivity (Wildman–Crippen MR) is 84.7 cm³/mol. The number of fused-ring (bicyclic) bond motifs is 1. The van der Waals surface area contributed by atoms with Crippen LogP contribution in [0, 0.1) is 6.92 Å². The Balaban J connectivity index is 1.69. The molecule has 1 aromatic heterocycles. The number of benzene rings is 1. The number of alkyl halides is 1. The summed E-state index contributed by atoms with van der Waals surface area (Å²) in [7, 11) is 0. The number of H-pyrrole nitrogens is 1. The highest BCUT2D eigenvalue weighted by Gasteiger charge is 2.25. The number of carbonyl (C=O) groups excluding carboxylic acids is 1. The highest BCUT2D eigenvalue weighted by Crippen LogP contribution is 2.28. The van der Waals surface area contributed by atoms with Gasteiger partial charge in [0, 0.05) is 31.3 Å². The number of nitrogens with zero attached hydrogens (tertiary/aromatic N) is 2. The van der Waals surface area contributed by atoms with Crippen molar-refractivity contribution < 1.29 is 4.79 Å². The summed E-state index contributed by atoms with van der Waals surface area (Å²) >= 11 is 5.64. The van der Waals surface area contributed by atoms with Gasteiger partial charge in [0.2, 0.25) is 5.91 Å². The van der Waals surface area contributed by atoms with Crippen LogP contribution in [0.15, 0.2) is 18.2 Å². The molecule has 3 rings (SSSR count). The molecule has 1 saturated heterocycles. The van der Waals surface area contributed by atoms with Crippen LogP contribution in [-0.2, 0) is 4.79 Å². The number of aromatic amines is 1. The summed E-state index contributed by atoms with van der Waals surface area (Å²) in [5.41, 5.74) is 3.36. The Hall–Kier alpha value is -1.55. The Labute approximate surface area is 129 Å². The maximum absolute atomic E-state index is 11.8. The third-order valence-electron chi connectivity index (χ3n) is 4.20. The third kappa shape index (κ3) is 3.05. The fraction of sp³-hybridized carbons (Fsp3) is 0.500. The molecule has 112 valence electrons. The zero-order chi connectivity index (χ0) is 14.8. The van der Waals surface area contributed by atoms with Crippen molar-refractivity contribution in [1.82, 2.24) is 14.9 Å². The van der Waals surface area contributed by atoms with E-state index in [0.29, 0.717) is 18.2 Å². The van der Waals surface area contributed by atoms with Crippen LogP contribution in [0.25, 0.3) is 11.0 Å². The molecule has 1 aliphatic rings. The molecule has 2 heterocycles. The molecule has 1 aromatic carbocycles. The summed E-state index contributed by atoms with van der Waals surface area (Å²) in [4.78, 5) is 21.9. The quantitative estimate of drug-likeness (QED) is 0.885. The second-order valence-electron chi connectivity index (χ2n) is 5.74. The first kappa shape index (κ1) is 14.4. The second-order valence-corrected chi connectivity index (χ2v) is 6.11. The van der Waals surface area contributed by atoms with Crippen LogP contribution < -0.4 is 0 Å². The molecule has 1 amide bonds. The molecule has 0 radical (unpaired) electrons. The van der Waals surface area contributed by atoms with E-state index in [2.05, 4.69) is 30.1 Å². The summed E-state index contributed by atoms with van der Waals surface area (Å²) < 4.78 is 0. The van der Waals surface area contributed by atoms with Crippen molar-refractivity contribution >= 4 is 28.5 Å². The zero-order valence-corrected chi connectivity index (χ0v) is 13.0. The molecule has 0 atom stereocenters. The fourth-order valence-corrected chi connectivity index (χ4v) is 3.14. The van der Waals surface area contributed by atoms with Crippen molar-refractivity contribution in [1.29, 1.82) is 0 Å². The van der Waals surface area contributed by atoms with Gasteiger partial charge in [-0.25, -0.2) is 4.98 Å². The zero-order valence-electron chi connectivity index (χ0n) is 12.2. The number of rotatable bonds is 3. The van der Waals surface area contributed by atoms with Gasteiger partial charge in [-0.1, -0.05) is 6.07 Å². The number of imidazole rings is 1. The Morgan fingerprint density at radius 1 is 1.43 bits per heavy atom. The average molecular weight is 306 g/mol. The number of halogens is 1. The van der Waals surface area contributed by atoms with Crippen LogP contribution in [0.5, 0.6) is 0 Å². The minimum absolute atomic E-state index is 0.170. The number of piperidine rings is 1. The van der Waals surface area contributed by atoms with E-state index in [-0.39, 0.29) is 5.91 Å². The van der Waals surface area contributed by atoms with E-state index in [1.165, 1.54) is 5.56 Å². The van der Waals surface area contributed by atoms with Crippen LogP contribution in [0.2, 0.25) is 0 Å². The minimum Gasteiger partial charge on any atom is -0.343 e. The average Bonchev–Trinajstić information content (AvgIpc) is 2.90. The van der Waals surface area contributed by atoms with E-state index in [1.54, 1.807) is 0 Å². The van der Waals surface area contributed by atoms with Gasteiger partial charge in [-0.3, -0.25) is 4.79 Å². The Bertz CT molecular complexity index is 644. The summed E-state index contributed by atoms with van der Waals surface area (Å²) in [6.07, 6.45) is 2.37. The monoisotopic (exact) mass is 305 g/mol. The molecule has 4 nitrogen and oxygen atoms in total. The van der Waals surface area contributed by atoms with Gasteiger partial charge < -0.3 is 9.88 Å². The highest BCUT2D eigenvalue weighted by molar-refractivity contribution is 6.18. The van der Waals surface area contributed by atoms with Gasteiger partial charge in [-0.15, -0.1) is 11.6 Å². The van der Waals surface area contributed by atoms with Gasteiger partial charge >= 0.3 is 0 Å². The van der Waals surface area contributed by atoms with Crippen molar-refractivity contribution in [2.75, 3.05) is 19.0 Å². The number of aromatic nitrogens is 2. The molecular weight excluding hydrogens is 286 g/mol. The fourth-order valence-electron chi connectivity index (χ4n) is 2.98. The lowest BCUT2D eigenvalue weighted by molar-refractivity contribution is -0.131. The van der Waals surface area contributed by atoms with Gasteiger partial charge in [0.25, 0.3) is 0 Å². The first-order chi connectivity index (χ1) is 10.2. The first-order valence-corrected chi connectivity index (χ1v) is 8.01. The maximum atomic E-state index is 11.8. The van der Waals surface area contributed by atoms with Crippen molar-refractivity contribution in [2.45, 2.75) is 32.1 Å². The molecule has 0 unspecified atom stereocenters. The largest absolute Gasteiger partial charge is 0.343 e. The molecule has 0 bridgehead atoms. The van der Waals surface area contributed by atoms with Crippen molar-refractivity contribution in [3.63, 3.8) is 0 Å². The number of nitrogens with one attached hydrogen (secondary N) is 1. The van der Waals surface area contributed by atoms with Crippen LogP contribution in [-0.4, -0.2) is 39.7 Å². The molecule has 5 heteroatoms. The van der Waals surface area contributed by atoms with Gasteiger partial charge in [-0.2, -0.15) is 0 Å². The summed E-state index contributed by atoms with van der Waals surface area (Å²) in [6.45, 7) is 3.69. The number of likely N-dealkylation sites (tertiary alicyclic amines) is 1. The summed E-state index contributed by atoms with van der Waals surface area (Å²) in [5.74, 6) is 2.04. The smallest absolute Gasteiger partial charge is 0.223 e. The Morgan fingerprint density at radius 2 is 2.19 bits per heavy atom. The van der Waals surface area contributed by atoms with Crippen LogP contribution >= 0.6 is 11.6 Å². The number of hydrogen-bond acceptors (Lipinski definition) is 2. The lowest BCUT2D eigenvalue weighted by Gasteiger charge is -2.31. The lowest BCUT2D eigenvalue weighted by atomic mass is 9.96. The molecule has 21 heavy (non-hydrogen) atoms. The van der Waals surface area contributed by atoms with Gasteiger partial charge in [0.15, 0.2) is 0 Å². The summed E-state index contributed by atoms with van der Waals surface area (Å²) in [6, 6.07) is 6.27.